The number of alkyl carbamates (subject to hydrolysis) is 1. The van der Waals surface area contributed by atoms with Gasteiger partial charge in [0.2, 0.25) is 0 Å². The number of hydrogen-bond acceptors (Lipinski definition) is 4. The van der Waals surface area contributed by atoms with Gasteiger partial charge in [0.05, 0.1) is 0 Å². The van der Waals surface area contributed by atoms with Gasteiger partial charge in [-0.2, -0.15) is 0 Å². The summed E-state index contributed by atoms with van der Waals surface area (Å²) in [6.07, 6.45) is 1.55. The fourth-order valence-electron chi connectivity index (χ4n) is 1.09. The van der Waals surface area contributed by atoms with Gasteiger partial charge in [0.15, 0.2) is 5.11 Å². The van der Waals surface area contributed by atoms with E-state index in [-0.39, 0.29) is 6.54 Å². The molecular formula is C11H20N4O3S. The third kappa shape index (κ3) is 8.20. The summed E-state index contributed by atoms with van der Waals surface area (Å²) in [4.78, 5) is 22.7. The summed E-state index contributed by atoms with van der Waals surface area (Å²) in [5.74, 6) is -0.411. The van der Waals surface area contributed by atoms with Gasteiger partial charge in [-0.1, -0.05) is 0 Å². The van der Waals surface area contributed by atoms with Gasteiger partial charge in [-0.15, -0.1) is 0 Å². The highest BCUT2D eigenvalue weighted by Gasteiger charge is 2.21. The van der Waals surface area contributed by atoms with Crippen molar-refractivity contribution in [3.8, 4) is 0 Å². The molecule has 108 valence electrons. The van der Waals surface area contributed by atoms with E-state index in [2.05, 4.69) is 21.5 Å². The van der Waals surface area contributed by atoms with Crippen LogP contribution >= 0.6 is 12.2 Å². The maximum Gasteiger partial charge on any atom is 0.408 e. The highest BCUT2D eigenvalue weighted by atomic mass is 32.1. The number of nitrogens with one attached hydrogen (secondary N) is 4. The van der Waals surface area contributed by atoms with Crippen LogP contribution in [0.15, 0.2) is 0 Å². The second-order valence-electron chi connectivity index (χ2n) is 5.28. The Kier molecular flexibility index (Phi) is 5.34. The van der Waals surface area contributed by atoms with Crippen LogP contribution in [0.3, 0.4) is 0 Å². The van der Waals surface area contributed by atoms with Crippen LogP contribution in [0.5, 0.6) is 0 Å². The number of carbonyl (C=O) groups is 2. The highest BCUT2D eigenvalue weighted by Crippen LogP contribution is 2.18. The number of thiocarbonyl (C=S) groups is 1. The van der Waals surface area contributed by atoms with E-state index in [1.807, 2.05) is 0 Å². The van der Waals surface area contributed by atoms with Gasteiger partial charge in [0.1, 0.15) is 12.1 Å². The normalized spacial score (nSPS) is 14.3. The molecule has 0 saturated heterocycles. The van der Waals surface area contributed by atoms with Gasteiger partial charge in [0.25, 0.3) is 5.91 Å². The van der Waals surface area contributed by atoms with Gasteiger partial charge >= 0.3 is 6.09 Å². The fraction of sp³-hybridized carbons (Fsp3) is 0.727. The predicted molar refractivity (Wildman–Crippen MR) is 74.3 cm³/mol. The Morgan fingerprint density at radius 2 is 1.89 bits per heavy atom. The minimum absolute atomic E-state index is 0.187. The molecule has 0 unspecified atom stereocenters. The lowest BCUT2D eigenvalue weighted by atomic mass is 10.2. The number of hydrogen-bond donors (Lipinski definition) is 4. The Balaban J connectivity index is 2.09. The zero-order valence-corrected chi connectivity index (χ0v) is 12.1. The largest absolute Gasteiger partial charge is 0.444 e. The molecule has 0 aromatic rings. The van der Waals surface area contributed by atoms with E-state index in [0.717, 1.165) is 12.8 Å². The molecular weight excluding hydrogens is 268 g/mol. The molecule has 1 saturated carbocycles. The molecule has 0 aliphatic heterocycles. The van der Waals surface area contributed by atoms with E-state index < -0.39 is 17.6 Å². The Labute approximate surface area is 117 Å². The Bertz CT molecular complexity index is 363. The van der Waals surface area contributed by atoms with Gasteiger partial charge in [-0.3, -0.25) is 15.6 Å². The Morgan fingerprint density at radius 1 is 1.26 bits per heavy atom. The molecule has 0 heterocycles. The lowest BCUT2D eigenvalue weighted by Gasteiger charge is -2.19. The van der Waals surface area contributed by atoms with Crippen LogP contribution in [-0.4, -0.2) is 35.3 Å². The molecule has 8 heteroatoms. The van der Waals surface area contributed by atoms with Crippen LogP contribution in [-0.2, 0) is 9.53 Å². The van der Waals surface area contributed by atoms with Crippen molar-refractivity contribution >= 4 is 29.3 Å². The minimum Gasteiger partial charge on any atom is -0.444 e. The van der Waals surface area contributed by atoms with E-state index in [1.54, 1.807) is 20.8 Å². The van der Waals surface area contributed by atoms with Crippen molar-refractivity contribution in [1.29, 1.82) is 0 Å². The van der Waals surface area contributed by atoms with Crippen molar-refractivity contribution in [2.75, 3.05) is 6.54 Å². The quantitative estimate of drug-likeness (QED) is 0.437. The topological polar surface area (TPSA) is 91.5 Å². The van der Waals surface area contributed by atoms with Crippen LogP contribution in [0.2, 0.25) is 0 Å². The molecule has 19 heavy (non-hydrogen) atoms. The first kappa shape index (κ1) is 15.5. The van der Waals surface area contributed by atoms with Crippen LogP contribution in [0, 0.1) is 0 Å². The zero-order chi connectivity index (χ0) is 14.5. The van der Waals surface area contributed by atoms with Crippen molar-refractivity contribution in [3.05, 3.63) is 0 Å². The van der Waals surface area contributed by atoms with Crippen molar-refractivity contribution in [2.45, 2.75) is 45.3 Å². The number of hydrazine groups is 1. The summed E-state index contributed by atoms with van der Waals surface area (Å²) < 4.78 is 4.99. The second-order valence-corrected chi connectivity index (χ2v) is 5.68. The standard InChI is InChI=1S/C11H20N4O3S/c1-11(2,3)18-10(17)12-6-8(16)14-15-9(19)13-7-4-5-7/h7H,4-6H2,1-3H3,(H,12,17)(H,14,16)(H2,13,15,19). The molecule has 0 aromatic heterocycles. The van der Waals surface area contributed by atoms with Crippen molar-refractivity contribution in [2.24, 2.45) is 0 Å². The summed E-state index contributed by atoms with van der Waals surface area (Å²) >= 11 is 4.95. The van der Waals surface area contributed by atoms with Crippen LogP contribution in [0.1, 0.15) is 33.6 Å². The van der Waals surface area contributed by atoms with E-state index >= 15 is 0 Å². The predicted octanol–water partition coefficient (Wildman–Crippen LogP) is 0.169. The number of rotatable bonds is 3. The van der Waals surface area contributed by atoms with Gasteiger partial charge < -0.3 is 15.4 Å². The average Bonchev–Trinajstić information content (AvgIpc) is 3.05. The molecule has 0 radical (unpaired) electrons. The summed E-state index contributed by atoms with van der Waals surface area (Å²) in [7, 11) is 0. The van der Waals surface area contributed by atoms with Gasteiger partial charge in [0, 0.05) is 6.04 Å². The first-order valence-corrected chi connectivity index (χ1v) is 6.49. The maximum absolute atomic E-state index is 11.4. The van der Waals surface area contributed by atoms with Crippen LogP contribution < -0.4 is 21.5 Å². The third-order valence-electron chi connectivity index (χ3n) is 2.02. The summed E-state index contributed by atoms with van der Waals surface area (Å²) in [6.45, 7) is 5.05. The third-order valence-corrected chi connectivity index (χ3v) is 2.24. The number of ether oxygens (including phenoxy) is 1. The molecule has 2 amide bonds. The first-order chi connectivity index (χ1) is 8.76. The van der Waals surface area contributed by atoms with E-state index in [0.29, 0.717) is 11.2 Å². The second kappa shape index (κ2) is 6.55. The summed E-state index contributed by atoms with van der Waals surface area (Å²) in [5.41, 5.74) is 4.34. The van der Waals surface area contributed by atoms with Crippen LogP contribution in [0.25, 0.3) is 0 Å². The lowest BCUT2D eigenvalue weighted by molar-refractivity contribution is -0.120. The average molecular weight is 288 g/mol. The van der Waals surface area contributed by atoms with Crippen molar-refractivity contribution in [3.63, 3.8) is 0 Å². The molecule has 0 bridgehead atoms. The van der Waals surface area contributed by atoms with E-state index in [1.165, 1.54) is 0 Å². The zero-order valence-electron chi connectivity index (χ0n) is 11.3. The molecule has 1 aliphatic carbocycles. The summed E-state index contributed by atoms with van der Waals surface area (Å²) in [5, 5.41) is 5.71. The van der Waals surface area contributed by atoms with Crippen molar-refractivity contribution in [1.82, 2.24) is 21.5 Å². The molecule has 4 N–H and O–H groups in total. The SMILES string of the molecule is CC(C)(C)OC(=O)NCC(=O)NNC(=S)NC1CC1. The highest BCUT2D eigenvalue weighted by molar-refractivity contribution is 7.80. The smallest absolute Gasteiger partial charge is 0.408 e. The molecule has 0 aromatic carbocycles. The van der Waals surface area contributed by atoms with Gasteiger partial charge in [-0.05, 0) is 45.8 Å². The van der Waals surface area contributed by atoms with Crippen LogP contribution in [0.4, 0.5) is 4.79 Å². The molecule has 0 atom stereocenters. The monoisotopic (exact) mass is 288 g/mol. The minimum atomic E-state index is -0.638. The number of carbonyl (C=O) groups excluding carboxylic acids is 2. The molecule has 7 nitrogen and oxygen atoms in total. The molecule has 1 aliphatic rings. The summed E-state index contributed by atoms with van der Waals surface area (Å²) in [6, 6.07) is 0.414. The molecule has 0 spiro atoms. The van der Waals surface area contributed by atoms with Gasteiger partial charge in [-0.25, -0.2) is 4.79 Å². The Hall–Kier alpha value is -1.57. The Morgan fingerprint density at radius 3 is 2.42 bits per heavy atom. The molecule has 1 fully saturated rings. The van der Waals surface area contributed by atoms with E-state index in [4.69, 9.17) is 17.0 Å². The maximum atomic E-state index is 11.4. The lowest BCUT2D eigenvalue weighted by Crippen LogP contribution is -2.50. The first-order valence-electron chi connectivity index (χ1n) is 6.08. The molecule has 1 rings (SSSR count). The fourth-order valence-corrected chi connectivity index (χ4v) is 1.30. The van der Waals surface area contributed by atoms with Crippen molar-refractivity contribution < 1.29 is 14.3 Å². The number of amides is 2. The van der Waals surface area contributed by atoms with E-state index in [9.17, 15) is 9.59 Å².